The highest BCUT2D eigenvalue weighted by Crippen LogP contribution is 2.37. The first kappa shape index (κ1) is 11.3. The molecule has 2 aliphatic heterocycles. The van der Waals surface area contributed by atoms with E-state index in [1.807, 2.05) is 4.90 Å². The molecule has 0 unspecified atom stereocenters. The number of amides is 2. The Morgan fingerprint density at radius 3 is 2.67 bits per heavy atom. The summed E-state index contributed by atoms with van der Waals surface area (Å²) in [6.45, 7) is 2.27. The van der Waals surface area contributed by atoms with Crippen molar-refractivity contribution in [2.24, 2.45) is 5.41 Å². The van der Waals surface area contributed by atoms with Gasteiger partial charge in [-0.05, 0) is 24.3 Å². The van der Waals surface area contributed by atoms with Crippen LogP contribution in [-0.4, -0.2) is 41.3 Å². The van der Waals surface area contributed by atoms with Gasteiger partial charge in [0.05, 0.1) is 5.56 Å². The first-order chi connectivity index (χ1) is 8.69. The number of carbonyl (C=O) groups excluding carboxylic acids is 2. The van der Waals surface area contributed by atoms with E-state index in [0.29, 0.717) is 12.0 Å². The zero-order valence-corrected chi connectivity index (χ0v) is 10.2. The number of likely N-dealkylation sites (tertiary alicyclic amines) is 1. The van der Waals surface area contributed by atoms with Gasteiger partial charge in [0.2, 0.25) is 5.91 Å². The van der Waals surface area contributed by atoms with Gasteiger partial charge in [-0.15, -0.1) is 0 Å². The van der Waals surface area contributed by atoms with Crippen LogP contribution in [0.5, 0.6) is 0 Å². The van der Waals surface area contributed by atoms with Gasteiger partial charge in [0.1, 0.15) is 0 Å². The van der Waals surface area contributed by atoms with E-state index in [0.717, 1.165) is 32.5 Å². The van der Waals surface area contributed by atoms with E-state index < -0.39 is 0 Å². The predicted molar refractivity (Wildman–Crippen MR) is 66.0 cm³/mol. The number of carbonyl (C=O) groups is 2. The van der Waals surface area contributed by atoms with Crippen molar-refractivity contribution in [3.63, 3.8) is 0 Å². The van der Waals surface area contributed by atoms with E-state index in [4.69, 9.17) is 0 Å². The van der Waals surface area contributed by atoms with Crippen LogP contribution in [0, 0.1) is 5.41 Å². The van der Waals surface area contributed by atoms with Gasteiger partial charge in [-0.25, -0.2) is 0 Å². The number of hydrogen-bond acceptors (Lipinski definition) is 2. The van der Waals surface area contributed by atoms with Crippen LogP contribution in [0.3, 0.4) is 0 Å². The molecule has 0 saturated carbocycles. The van der Waals surface area contributed by atoms with Crippen LogP contribution < -0.4 is 5.32 Å². The molecule has 0 atom stereocenters. The van der Waals surface area contributed by atoms with Crippen LogP contribution in [-0.2, 0) is 4.79 Å². The third kappa shape index (κ3) is 1.89. The van der Waals surface area contributed by atoms with Crippen molar-refractivity contribution in [2.75, 3.05) is 19.6 Å². The summed E-state index contributed by atoms with van der Waals surface area (Å²) in [5, 5.41) is 2.90. The van der Waals surface area contributed by atoms with E-state index in [1.54, 1.807) is 18.5 Å². The normalized spacial score (nSPS) is 22.2. The lowest BCUT2D eigenvalue weighted by Gasteiger charge is -2.38. The summed E-state index contributed by atoms with van der Waals surface area (Å²) >= 11 is 0. The molecule has 2 N–H and O–H groups in total. The molecule has 0 aromatic carbocycles. The van der Waals surface area contributed by atoms with Gasteiger partial charge in [0.25, 0.3) is 5.91 Å². The summed E-state index contributed by atoms with van der Waals surface area (Å²) in [6, 6.07) is 1.80. The highest BCUT2D eigenvalue weighted by atomic mass is 16.2. The number of hydrogen-bond donors (Lipinski definition) is 2. The Morgan fingerprint density at radius 1 is 1.33 bits per heavy atom. The third-order valence-electron chi connectivity index (χ3n) is 4.15. The number of aromatic amines is 1. The van der Waals surface area contributed by atoms with Gasteiger partial charge in [-0.3, -0.25) is 9.59 Å². The van der Waals surface area contributed by atoms with Gasteiger partial charge in [0.15, 0.2) is 0 Å². The van der Waals surface area contributed by atoms with Crippen molar-refractivity contribution >= 4 is 11.8 Å². The van der Waals surface area contributed by atoms with Crippen LogP contribution >= 0.6 is 0 Å². The third-order valence-corrected chi connectivity index (χ3v) is 4.15. The fraction of sp³-hybridized carbons (Fsp3) is 0.538. The quantitative estimate of drug-likeness (QED) is 0.769. The Morgan fingerprint density at radius 2 is 2.11 bits per heavy atom. The summed E-state index contributed by atoms with van der Waals surface area (Å²) in [5.41, 5.74) is 0.818. The standard InChI is InChI=1S/C13H17N3O2/c17-11-7-13(9-15-11)2-5-16(6-3-13)12(18)10-1-4-14-8-10/h1,4,8,14H,2-3,5-7,9H2,(H,15,17). The summed E-state index contributed by atoms with van der Waals surface area (Å²) < 4.78 is 0. The molecular weight excluding hydrogens is 230 g/mol. The van der Waals surface area contributed by atoms with Crippen LogP contribution in [0.25, 0.3) is 0 Å². The summed E-state index contributed by atoms with van der Waals surface area (Å²) in [7, 11) is 0. The van der Waals surface area contributed by atoms with Crippen molar-refractivity contribution in [3.05, 3.63) is 24.0 Å². The number of nitrogens with one attached hydrogen (secondary N) is 2. The first-order valence-corrected chi connectivity index (χ1v) is 6.37. The molecule has 3 heterocycles. The Bertz CT molecular complexity index is 459. The molecule has 2 fully saturated rings. The monoisotopic (exact) mass is 247 g/mol. The highest BCUT2D eigenvalue weighted by molar-refractivity contribution is 5.94. The highest BCUT2D eigenvalue weighted by Gasteiger charge is 2.41. The maximum atomic E-state index is 12.2. The average molecular weight is 247 g/mol. The van der Waals surface area contributed by atoms with E-state index in [-0.39, 0.29) is 17.2 Å². The molecule has 18 heavy (non-hydrogen) atoms. The van der Waals surface area contributed by atoms with Crippen LogP contribution in [0.1, 0.15) is 29.6 Å². The molecule has 2 amide bonds. The lowest BCUT2D eigenvalue weighted by atomic mass is 9.77. The zero-order chi connectivity index (χ0) is 12.6. The van der Waals surface area contributed by atoms with Gasteiger partial charge < -0.3 is 15.2 Å². The fourth-order valence-electron chi connectivity index (χ4n) is 2.93. The summed E-state index contributed by atoms with van der Waals surface area (Å²) in [4.78, 5) is 28.3. The molecule has 2 aliphatic rings. The summed E-state index contributed by atoms with van der Waals surface area (Å²) in [6.07, 6.45) is 5.95. The van der Waals surface area contributed by atoms with Crippen molar-refractivity contribution in [1.29, 1.82) is 0 Å². The minimum Gasteiger partial charge on any atom is -0.367 e. The molecule has 3 rings (SSSR count). The van der Waals surface area contributed by atoms with Gasteiger partial charge >= 0.3 is 0 Å². The molecule has 2 saturated heterocycles. The second kappa shape index (κ2) is 4.15. The smallest absolute Gasteiger partial charge is 0.255 e. The minimum atomic E-state index is 0.0865. The average Bonchev–Trinajstić information content (AvgIpc) is 3.00. The second-order valence-corrected chi connectivity index (χ2v) is 5.35. The molecule has 0 aliphatic carbocycles. The summed E-state index contributed by atoms with van der Waals surface area (Å²) in [5.74, 6) is 0.240. The SMILES string of the molecule is O=C1CC2(CCN(C(=O)c3cc[nH]c3)CC2)CN1. The van der Waals surface area contributed by atoms with Crippen molar-refractivity contribution in [2.45, 2.75) is 19.3 Å². The van der Waals surface area contributed by atoms with E-state index in [1.165, 1.54) is 0 Å². The molecule has 96 valence electrons. The largest absolute Gasteiger partial charge is 0.367 e. The van der Waals surface area contributed by atoms with Gasteiger partial charge in [0, 0.05) is 38.4 Å². The Hall–Kier alpha value is -1.78. The number of H-pyrrole nitrogens is 1. The second-order valence-electron chi connectivity index (χ2n) is 5.35. The zero-order valence-electron chi connectivity index (χ0n) is 10.2. The molecule has 0 radical (unpaired) electrons. The molecule has 1 spiro atoms. The van der Waals surface area contributed by atoms with Gasteiger partial charge in [-0.2, -0.15) is 0 Å². The minimum absolute atomic E-state index is 0.0865. The Kier molecular flexibility index (Phi) is 2.61. The Balaban J connectivity index is 1.64. The molecule has 5 nitrogen and oxygen atoms in total. The number of nitrogens with zero attached hydrogens (tertiary/aromatic N) is 1. The molecule has 5 heteroatoms. The lowest BCUT2D eigenvalue weighted by Crippen LogP contribution is -2.43. The van der Waals surface area contributed by atoms with Crippen LogP contribution in [0.4, 0.5) is 0 Å². The van der Waals surface area contributed by atoms with E-state index >= 15 is 0 Å². The maximum Gasteiger partial charge on any atom is 0.255 e. The lowest BCUT2D eigenvalue weighted by molar-refractivity contribution is -0.119. The van der Waals surface area contributed by atoms with E-state index in [9.17, 15) is 9.59 Å². The molecule has 1 aromatic rings. The number of piperidine rings is 1. The van der Waals surface area contributed by atoms with E-state index in [2.05, 4.69) is 10.3 Å². The van der Waals surface area contributed by atoms with Crippen molar-refractivity contribution in [1.82, 2.24) is 15.2 Å². The Labute approximate surface area is 106 Å². The predicted octanol–water partition coefficient (Wildman–Crippen LogP) is 0.757. The number of rotatable bonds is 1. The number of aromatic nitrogens is 1. The molecule has 1 aromatic heterocycles. The van der Waals surface area contributed by atoms with Crippen molar-refractivity contribution < 1.29 is 9.59 Å². The maximum absolute atomic E-state index is 12.2. The molecule has 0 bridgehead atoms. The first-order valence-electron chi connectivity index (χ1n) is 6.37. The van der Waals surface area contributed by atoms with Crippen LogP contribution in [0.15, 0.2) is 18.5 Å². The van der Waals surface area contributed by atoms with Gasteiger partial charge in [-0.1, -0.05) is 0 Å². The fourth-order valence-corrected chi connectivity index (χ4v) is 2.93. The van der Waals surface area contributed by atoms with Crippen LogP contribution in [0.2, 0.25) is 0 Å². The molecular formula is C13H17N3O2. The van der Waals surface area contributed by atoms with Crippen molar-refractivity contribution in [3.8, 4) is 0 Å². The topological polar surface area (TPSA) is 65.2 Å².